The van der Waals surface area contributed by atoms with Gasteiger partial charge in [-0.05, 0) is 78.2 Å². The van der Waals surface area contributed by atoms with Gasteiger partial charge in [-0.15, -0.1) is 23.1 Å². The number of fused-ring (bicyclic) bond motifs is 1. The van der Waals surface area contributed by atoms with E-state index >= 15 is 0 Å². The maximum atomic E-state index is 13.6. The number of aromatic nitrogens is 1. The number of ether oxygens (including phenoxy) is 1. The zero-order chi connectivity index (χ0) is 30.1. The van der Waals surface area contributed by atoms with E-state index in [0.29, 0.717) is 17.0 Å². The van der Waals surface area contributed by atoms with Gasteiger partial charge in [-0.2, -0.15) is 17.9 Å². The van der Waals surface area contributed by atoms with E-state index in [1.54, 1.807) is 12.1 Å². The van der Waals surface area contributed by atoms with Crippen molar-refractivity contribution in [3.05, 3.63) is 107 Å². The molecule has 1 N–H and O–H groups in total. The second kappa shape index (κ2) is 12.1. The van der Waals surface area contributed by atoms with Gasteiger partial charge in [0.2, 0.25) is 10.0 Å². The molecule has 0 aliphatic rings. The summed E-state index contributed by atoms with van der Waals surface area (Å²) in [7, 11) is -2.45. The maximum Gasteiger partial charge on any atom is 0.395 e. The zero-order valence-electron chi connectivity index (χ0n) is 22.8. The van der Waals surface area contributed by atoms with Crippen LogP contribution in [0.4, 0.5) is 13.2 Å². The quantitative estimate of drug-likeness (QED) is 0.166. The molecule has 2 aromatic heterocycles. The Balaban J connectivity index is 1.62. The van der Waals surface area contributed by atoms with Crippen LogP contribution in [0.25, 0.3) is 21.3 Å². The Hall–Kier alpha value is -3.38. The van der Waals surface area contributed by atoms with Crippen molar-refractivity contribution in [2.75, 3.05) is 13.4 Å². The summed E-state index contributed by atoms with van der Waals surface area (Å²) >= 11 is 2.89. The van der Waals surface area contributed by atoms with Gasteiger partial charge in [-0.1, -0.05) is 36.4 Å². The second-order valence-corrected chi connectivity index (χ2v) is 13.2. The molecule has 0 fully saturated rings. The number of pyridine rings is 1. The Morgan fingerprint density at radius 3 is 2.40 bits per heavy atom. The number of halogens is 3. The molecular formula is C31H27F3N2O3S3. The number of methoxy groups -OCH3 is 1. The van der Waals surface area contributed by atoms with Crippen LogP contribution in [0.2, 0.25) is 0 Å². The van der Waals surface area contributed by atoms with Gasteiger partial charge < -0.3 is 4.74 Å². The van der Waals surface area contributed by atoms with E-state index in [2.05, 4.69) is 9.71 Å². The summed E-state index contributed by atoms with van der Waals surface area (Å²) in [6, 6.07) is 23.3. The highest BCUT2D eigenvalue weighted by Crippen LogP contribution is 2.42. The number of hydrogen-bond acceptors (Lipinski definition) is 6. The summed E-state index contributed by atoms with van der Waals surface area (Å²) in [5.74, 6) is -1.10. The minimum atomic E-state index is -4.38. The first-order valence-electron chi connectivity index (χ1n) is 12.9. The van der Waals surface area contributed by atoms with Crippen molar-refractivity contribution in [3.63, 3.8) is 0 Å². The molecule has 0 aliphatic heterocycles. The first-order valence-corrected chi connectivity index (χ1v) is 16.4. The molecule has 0 radical (unpaired) electrons. The number of alkyl halides is 3. The summed E-state index contributed by atoms with van der Waals surface area (Å²) in [4.78, 5) is 6.13. The summed E-state index contributed by atoms with van der Waals surface area (Å²) in [6.07, 6.45) is -1.06. The number of hydrogen-bond donors (Lipinski definition) is 1. The van der Waals surface area contributed by atoms with E-state index in [1.165, 1.54) is 60.7 Å². The molecule has 5 rings (SSSR count). The molecule has 11 heteroatoms. The van der Waals surface area contributed by atoms with Crippen molar-refractivity contribution in [2.24, 2.45) is 0 Å². The highest BCUT2D eigenvalue weighted by atomic mass is 32.2. The van der Waals surface area contributed by atoms with Gasteiger partial charge in [0.25, 0.3) is 0 Å². The average Bonchev–Trinajstić information content (AvgIpc) is 3.43. The molecule has 2 heterocycles. The van der Waals surface area contributed by atoms with Crippen LogP contribution in [0.1, 0.15) is 34.9 Å². The monoisotopic (exact) mass is 628 g/mol. The standard InChI is InChI=1S/C31H27F3N2O3S3/c1-19(31(32,33)34)20-15-16-35-26(17-20)24-9-6-7-21-18-28(41-30(21)24)29(25-8-4-5-10-27(25)40-3)36-42(37,38)23-13-11-22(39-2)12-14-23/h4-19,29,36H,1-3H3/t19-,29+/m1/s1. The van der Waals surface area contributed by atoms with Crippen LogP contribution < -0.4 is 9.46 Å². The van der Waals surface area contributed by atoms with E-state index < -0.39 is 28.2 Å². The molecule has 0 unspecified atom stereocenters. The topological polar surface area (TPSA) is 68.3 Å². The summed E-state index contributed by atoms with van der Waals surface area (Å²) in [5.41, 5.74) is 2.01. The SMILES string of the molecule is COc1ccc(S(=O)(=O)N[C@H](c2cc3cccc(-c4cc([C@@H](C)C(F)(F)F)ccn4)c3s2)c2ccccc2SC)cc1. The molecule has 5 nitrogen and oxygen atoms in total. The smallest absolute Gasteiger partial charge is 0.395 e. The minimum Gasteiger partial charge on any atom is -0.497 e. The first-order chi connectivity index (χ1) is 20.0. The Kier molecular flexibility index (Phi) is 8.66. The van der Waals surface area contributed by atoms with Gasteiger partial charge in [0, 0.05) is 26.2 Å². The lowest BCUT2D eigenvalue weighted by atomic mass is 9.99. The molecule has 3 aromatic carbocycles. The lowest BCUT2D eigenvalue weighted by Crippen LogP contribution is -2.29. The molecule has 0 bridgehead atoms. The highest BCUT2D eigenvalue weighted by Gasteiger charge is 2.37. The number of sulfonamides is 1. The van der Waals surface area contributed by atoms with E-state index in [0.717, 1.165) is 32.3 Å². The maximum absolute atomic E-state index is 13.6. The van der Waals surface area contributed by atoms with Gasteiger partial charge >= 0.3 is 6.18 Å². The van der Waals surface area contributed by atoms with Gasteiger partial charge in [0.15, 0.2) is 0 Å². The first kappa shape index (κ1) is 30.1. The van der Waals surface area contributed by atoms with Crippen LogP contribution in [0.15, 0.2) is 101 Å². The largest absolute Gasteiger partial charge is 0.497 e. The third kappa shape index (κ3) is 6.19. The van der Waals surface area contributed by atoms with Crippen LogP contribution >= 0.6 is 23.1 Å². The Morgan fingerprint density at radius 1 is 0.976 bits per heavy atom. The highest BCUT2D eigenvalue weighted by molar-refractivity contribution is 7.98. The van der Waals surface area contributed by atoms with Gasteiger partial charge in [0.1, 0.15) is 5.75 Å². The number of thioether (sulfide) groups is 1. The van der Waals surface area contributed by atoms with E-state index in [9.17, 15) is 21.6 Å². The van der Waals surface area contributed by atoms with E-state index in [4.69, 9.17) is 4.74 Å². The number of benzene rings is 3. The van der Waals surface area contributed by atoms with Gasteiger partial charge in [-0.25, -0.2) is 8.42 Å². The fourth-order valence-electron chi connectivity index (χ4n) is 4.64. The third-order valence-corrected chi connectivity index (χ3v) is 10.5. The Morgan fingerprint density at radius 2 is 1.71 bits per heavy atom. The fraction of sp³-hybridized carbons (Fsp3) is 0.194. The lowest BCUT2D eigenvalue weighted by molar-refractivity contribution is -0.146. The van der Waals surface area contributed by atoms with Crippen molar-refractivity contribution >= 4 is 43.2 Å². The van der Waals surface area contributed by atoms with Crippen LogP contribution in [0, 0.1) is 0 Å². The van der Waals surface area contributed by atoms with Crippen LogP contribution in [-0.2, 0) is 10.0 Å². The van der Waals surface area contributed by atoms with Crippen LogP contribution in [-0.4, -0.2) is 32.9 Å². The summed E-state index contributed by atoms with van der Waals surface area (Å²) in [5, 5.41) is 0.832. The van der Waals surface area contributed by atoms with Gasteiger partial charge in [-0.3, -0.25) is 4.98 Å². The molecule has 2 atom stereocenters. The molecule has 0 saturated heterocycles. The molecule has 42 heavy (non-hydrogen) atoms. The van der Waals surface area contributed by atoms with E-state index in [1.807, 2.05) is 54.8 Å². The van der Waals surface area contributed by atoms with Crippen molar-refractivity contribution in [1.29, 1.82) is 0 Å². The van der Waals surface area contributed by atoms with Crippen LogP contribution in [0.5, 0.6) is 5.75 Å². The van der Waals surface area contributed by atoms with Crippen molar-refractivity contribution in [1.82, 2.24) is 9.71 Å². The zero-order valence-corrected chi connectivity index (χ0v) is 25.3. The van der Waals surface area contributed by atoms with E-state index in [-0.39, 0.29) is 10.5 Å². The Labute approximate surface area is 250 Å². The molecular weight excluding hydrogens is 602 g/mol. The van der Waals surface area contributed by atoms with Gasteiger partial charge in [0.05, 0.1) is 29.7 Å². The normalized spacial score (nSPS) is 13.7. The molecule has 0 saturated carbocycles. The number of rotatable bonds is 9. The average molecular weight is 629 g/mol. The number of nitrogens with zero attached hydrogens (tertiary/aromatic N) is 1. The predicted molar refractivity (Wildman–Crippen MR) is 163 cm³/mol. The number of thiophene rings is 1. The van der Waals surface area contributed by atoms with Crippen molar-refractivity contribution in [2.45, 2.75) is 34.9 Å². The van der Waals surface area contributed by atoms with Crippen molar-refractivity contribution < 1.29 is 26.3 Å². The number of nitrogens with one attached hydrogen (secondary N) is 1. The van der Waals surface area contributed by atoms with Crippen LogP contribution in [0.3, 0.4) is 0 Å². The molecule has 5 aromatic rings. The summed E-state index contributed by atoms with van der Waals surface area (Å²) in [6.45, 7) is 1.13. The predicted octanol–water partition coefficient (Wildman–Crippen LogP) is 8.43. The fourth-order valence-corrected chi connectivity index (χ4v) is 7.80. The lowest BCUT2D eigenvalue weighted by Gasteiger charge is -2.20. The Bertz CT molecular complexity index is 1820. The molecule has 0 aliphatic carbocycles. The minimum absolute atomic E-state index is 0.0940. The second-order valence-electron chi connectivity index (χ2n) is 9.58. The third-order valence-electron chi connectivity index (χ3n) is 6.99. The summed E-state index contributed by atoms with van der Waals surface area (Å²) < 4.78 is 76.5. The molecule has 0 amide bonds. The molecule has 0 spiro atoms. The van der Waals surface area contributed by atoms with Crippen molar-refractivity contribution in [3.8, 4) is 17.0 Å². The molecule has 218 valence electrons.